The maximum absolute atomic E-state index is 11.2. The summed E-state index contributed by atoms with van der Waals surface area (Å²) >= 11 is 0. The van der Waals surface area contributed by atoms with Crippen molar-refractivity contribution in [1.82, 2.24) is 10.2 Å². The molecule has 0 atom stereocenters. The van der Waals surface area contributed by atoms with Crippen LogP contribution in [0.4, 0.5) is 0 Å². The predicted molar refractivity (Wildman–Crippen MR) is 56.4 cm³/mol. The molecule has 2 saturated heterocycles. The third kappa shape index (κ3) is 2.59. The van der Waals surface area contributed by atoms with Gasteiger partial charge < -0.3 is 0 Å². The Morgan fingerprint density at radius 1 is 1.06 bits per heavy atom. The number of nitrogens with zero attached hydrogens (tertiary/aromatic N) is 1. The summed E-state index contributed by atoms with van der Waals surface area (Å²) in [6, 6.07) is 0.0403. The van der Waals surface area contributed by atoms with Gasteiger partial charge in [-0.3, -0.25) is 19.8 Å². The van der Waals surface area contributed by atoms with Crippen LogP contribution in [0.2, 0.25) is 0 Å². The molecule has 0 saturated carbocycles. The highest BCUT2D eigenvalue weighted by atomic mass is 32.2. The third-order valence-electron chi connectivity index (χ3n) is 3.01. The predicted octanol–water partition coefficient (Wildman–Crippen LogP) is -1.48. The normalized spacial score (nSPS) is 27.8. The van der Waals surface area contributed by atoms with Crippen LogP contribution < -0.4 is 5.32 Å². The van der Waals surface area contributed by atoms with Gasteiger partial charge in [-0.05, 0) is 12.8 Å². The number of imide groups is 1. The minimum absolute atomic E-state index is 0.0403. The molecule has 90 valence electrons. The molecule has 0 bridgehead atoms. The molecule has 2 rings (SSSR count). The number of piperazine rings is 1. The van der Waals surface area contributed by atoms with Gasteiger partial charge in [0.2, 0.25) is 11.8 Å². The lowest BCUT2D eigenvalue weighted by atomic mass is 10.1. The fourth-order valence-corrected chi connectivity index (χ4v) is 3.63. The van der Waals surface area contributed by atoms with Crippen LogP contribution in [0.1, 0.15) is 12.8 Å². The average Bonchev–Trinajstić information content (AvgIpc) is 2.15. The fraction of sp³-hybridized carbons (Fsp3) is 0.778. The number of hydrogen-bond acceptors (Lipinski definition) is 5. The summed E-state index contributed by atoms with van der Waals surface area (Å²) in [6.45, 7) is 0.382. The molecule has 2 aliphatic rings. The number of sulfone groups is 1. The average molecular weight is 246 g/mol. The number of amides is 2. The Morgan fingerprint density at radius 2 is 1.56 bits per heavy atom. The molecule has 16 heavy (non-hydrogen) atoms. The molecule has 2 amide bonds. The summed E-state index contributed by atoms with van der Waals surface area (Å²) in [5.41, 5.74) is 0. The van der Waals surface area contributed by atoms with Gasteiger partial charge in [-0.25, -0.2) is 8.42 Å². The van der Waals surface area contributed by atoms with Crippen LogP contribution in [-0.4, -0.2) is 55.8 Å². The van der Waals surface area contributed by atoms with Gasteiger partial charge in [0, 0.05) is 6.04 Å². The van der Waals surface area contributed by atoms with Crippen molar-refractivity contribution in [3.8, 4) is 0 Å². The van der Waals surface area contributed by atoms with Crippen molar-refractivity contribution in [1.29, 1.82) is 0 Å². The largest absolute Gasteiger partial charge is 0.294 e. The molecule has 7 heteroatoms. The zero-order valence-electron chi connectivity index (χ0n) is 8.81. The molecule has 6 nitrogen and oxygen atoms in total. The first-order chi connectivity index (χ1) is 7.46. The molecule has 0 aromatic rings. The van der Waals surface area contributed by atoms with E-state index in [2.05, 4.69) is 5.32 Å². The maximum Gasteiger partial charge on any atom is 0.240 e. The number of hydrogen-bond donors (Lipinski definition) is 1. The van der Waals surface area contributed by atoms with Crippen LogP contribution >= 0.6 is 0 Å². The van der Waals surface area contributed by atoms with Gasteiger partial charge in [-0.1, -0.05) is 0 Å². The zero-order valence-corrected chi connectivity index (χ0v) is 9.62. The van der Waals surface area contributed by atoms with Gasteiger partial charge in [0.15, 0.2) is 0 Å². The zero-order chi connectivity index (χ0) is 11.8. The van der Waals surface area contributed by atoms with E-state index in [1.54, 1.807) is 4.90 Å². The smallest absolute Gasteiger partial charge is 0.240 e. The number of nitrogens with one attached hydrogen (secondary N) is 1. The van der Waals surface area contributed by atoms with Crippen molar-refractivity contribution in [2.24, 2.45) is 0 Å². The quantitative estimate of drug-likeness (QED) is 0.571. The topological polar surface area (TPSA) is 83.6 Å². The second-order valence-corrected chi connectivity index (χ2v) is 6.56. The maximum atomic E-state index is 11.2. The van der Waals surface area contributed by atoms with Crippen molar-refractivity contribution in [3.05, 3.63) is 0 Å². The summed E-state index contributed by atoms with van der Waals surface area (Å²) in [6.07, 6.45) is 1.03. The van der Waals surface area contributed by atoms with Gasteiger partial charge in [0.1, 0.15) is 9.84 Å². The first-order valence-electron chi connectivity index (χ1n) is 5.23. The Bertz CT molecular complexity index is 387. The molecular formula is C9H14N2O4S. The first-order valence-corrected chi connectivity index (χ1v) is 7.05. The van der Waals surface area contributed by atoms with E-state index in [4.69, 9.17) is 0 Å². The van der Waals surface area contributed by atoms with Crippen molar-refractivity contribution in [3.63, 3.8) is 0 Å². The molecular weight excluding hydrogens is 232 g/mol. The summed E-state index contributed by atoms with van der Waals surface area (Å²) in [4.78, 5) is 24.1. The van der Waals surface area contributed by atoms with E-state index in [0.29, 0.717) is 12.8 Å². The Labute approximate surface area is 93.9 Å². The highest BCUT2D eigenvalue weighted by molar-refractivity contribution is 7.91. The fourth-order valence-electron chi connectivity index (χ4n) is 2.16. The van der Waals surface area contributed by atoms with E-state index in [9.17, 15) is 18.0 Å². The lowest BCUT2D eigenvalue weighted by molar-refractivity contribution is -0.137. The first kappa shape index (κ1) is 11.5. The molecule has 0 aromatic heterocycles. The molecule has 0 spiro atoms. The molecule has 1 N–H and O–H groups in total. The molecule has 0 aliphatic carbocycles. The second kappa shape index (κ2) is 4.14. The summed E-state index contributed by atoms with van der Waals surface area (Å²) in [7, 11) is -2.89. The molecule has 0 aromatic carbocycles. The highest BCUT2D eigenvalue weighted by Crippen LogP contribution is 2.18. The van der Waals surface area contributed by atoms with E-state index >= 15 is 0 Å². The van der Waals surface area contributed by atoms with Crippen molar-refractivity contribution < 1.29 is 18.0 Å². The highest BCUT2D eigenvalue weighted by Gasteiger charge is 2.32. The molecule has 2 aliphatic heterocycles. The van der Waals surface area contributed by atoms with Crippen LogP contribution in [0.15, 0.2) is 0 Å². The van der Waals surface area contributed by atoms with Crippen molar-refractivity contribution in [2.75, 3.05) is 24.6 Å². The summed E-state index contributed by atoms with van der Waals surface area (Å²) in [5.74, 6) is -0.289. The molecule has 2 fully saturated rings. The number of carbonyl (C=O) groups excluding carboxylic acids is 2. The second-order valence-electron chi connectivity index (χ2n) is 4.26. The SMILES string of the molecule is O=C1CN(C2CCS(=O)(=O)CC2)CC(=O)N1. The Hall–Kier alpha value is -0.950. The van der Waals surface area contributed by atoms with Crippen LogP contribution in [-0.2, 0) is 19.4 Å². The van der Waals surface area contributed by atoms with Crippen LogP contribution in [0.5, 0.6) is 0 Å². The lowest BCUT2D eigenvalue weighted by Gasteiger charge is -2.35. The van der Waals surface area contributed by atoms with E-state index in [1.807, 2.05) is 0 Å². The Morgan fingerprint density at radius 3 is 2.06 bits per heavy atom. The van der Waals surface area contributed by atoms with E-state index < -0.39 is 9.84 Å². The minimum Gasteiger partial charge on any atom is -0.294 e. The van der Waals surface area contributed by atoms with Crippen molar-refractivity contribution in [2.45, 2.75) is 18.9 Å². The summed E-state index contributed by atoms with van der Waals surface area (Å²) < 4.78 is 22.5. The van der Waals surface area contributed by atoms with Crippen molar-refractivity contribution >= 4 is 21.7 Å². The van der Waals surface area contributed by atoms with Gasteiger partial charge in [-0.15, -0.1) is 0 Å². The third-order valence-corrected chi connectivity index (χ3v) is 4.73. The minimum atomic E-state index is -2.89. The van der Waals surface area contributed by atoms with Gasteiger partial charge in [-0.2, -0.15) is 0 Å². The monoisotopic (exact) mass is 246 g/mol. The Balaban J connectivity index is 1.98. The lowest BCUT2D eigenvalue weighted by Crippen LogP contribution is -2.55. The van der Waals surface area contributed by atoms with Gasteiger partial charge in [0.05, 0.1) is 24.6 Å². The standard InChI is InChI=1S/C9H14N2O4S/c12-8-5-11(6-9(13)10-8)7-1-3-16(14,15)4-2-7/h7H,1-6H2,(H,10,12,13). The van der Waals surface area contributed by atoms with Crippen LogP contribution in [0.3, 0.4) is 0 Å². The van der Waals surface area contributed by atoms with E-state index in [1.165, 1.54) is 0 Å². The van der Waals surface area contributed by atoms with E-state index in [-0.39, 0.29) is 42.5 Å². The molecule has 0 unspecified atom stereocenters. The molecule has 0 radical (unpaired) electrons. The van der Waals surface area contributed by atoms with E-state index in [0.717, 1.165) is 0 Å². The van der Waals surface area contributed by atoms with Gasteiger partial charge in [0.25, 0.3) is 0 Å². The van der Waals surface area contributed by atoms with Crippen LogP contribution in [0.25, 0.3) is 0 Å². The van der Waals surface area contributed by atoms with Gasteiger partial charge >= 0.3 is 0 Å². The number of carbonyl (C=O) groups is 2. The number of rotatable bonds is 1. The Kier molecular flexibility index (Phi) is 2.98. The van der Waals surface area contributed by atoms with Crippen LogP contribution in [0, 0.1) is 0 Å². The molecule has 2 heterocycles. The summed E-state index contributed by atoms with van der Waals surface area (Å²) in [5, 5.41) is 2.23.